The van der Waals surface area contributed by atoms with Crippen LogP contribution >= 0.6 is 11.6 Å². The van der Waals surface area contributed by atoms with E-state index >= 15 is 0 Å². The third kappa shape index (κ3) is 2.79. The van der Waals surface area contributed by atoms with Crippen LogP contribution < -0.4 is 0 Å². The molecular formula is C17H18ClN3. The molecule has 0 N–H and O–H groups in total. The second-order valence-corrected chi connectivity index (χ2v) is 5.48. The smallest absolute Gasteiger partial charge is 0.134 e. The summed E-state index contributed by atoms with van der Waals surface area (Å²) < 4.78 is 2.04. The summed E-state index contributed by atoms with van der Waals surface area (Å²) in [5, 5.41) is 6.31. The molecule has 0 unspecified atom stereocenters. The van der Waals surface area contributed by atoms with Gasteiger partial charge in [-0.15, -0.1) is 0 Å². The predicted octanol–water partition coefficient (Wildman–Crippen LogP) is 4.26. The second kappa shape index (κ2) is 5.86. The molecule has 21 heavy (non-hydrogen) atoms. The van der Waals surface area contributed by atoms with Crippen LogP contribution in [0.15, 0.2) is 36.4 Å². The van der Waals surface area contributed by atoms with Crippen molar-refractivity contribution in [2.45, 2.75) is 33.2 Å². The summed E-state index contributed by atoms with van der Waals surface area (Å²) >= 11 is 6.34. The molecule has 1 aromatic carbocycles. The van der Waals surface area contributed by atoms with Gasteiger partial charge in [0.15, 0.2) is 0 Å². The van der Waals surface area contributed by atoms with Gasteiger partial charge >= 0.3 is 0 Å². The zero-order valence-electron chi connectivity index (χ0n) is 12.3. The number of halogens is 1. The van der Waals surface area contributed by atoms with E-state index in [0.29, 0.717) is 11.7 Å². The Hall–Kier alpha value is -1.87. The van der Waals surface area contributed by atoms with Gasteiger partial charge in [-0.25, -0.2) is 4.98 Å². The van der Waals surface area contributed by atoms with E-state index in [1.165, 1.54) is 5.69 Å². The van der Waals surface area contributed by atoms with Crippen LogP contribution in [-0.2, 0) is 19.4 Å². The maximum absolute atomic E-state index is 6.34. The van der Waals surface area contributed by atoms with Gasteiger partial charge in [0, 0.05) is 16.6 Å². The van der Waals surface area contributed by atoms with Gasteiger partial charge < -0.3 is 0 Å². The number of hydrogen-bond acceptors (Lipinski definition) is 2. The van der Waals surface area contributed by atoms with Crippen LogP contribution in [0.4, 0.5) is 0 Å². The predicted molar refractivity (Wildman–Crippen MR) is 86.8 cm³/mol. The third-order valence-electron chi connectivity index (χ3n) is 3.71. The van der Waals surface area contributed by atoms with E-state index in [4.69, 9.17) is 11.6 Å². The average Bonchev–Trinajstić information content (AvgIpc) is 2.90. The van der Waals surface area contributed by atoms with E-state index < -0.39 is 0 Å². The largest absolute Gasteiger partial charge is 0.265 e. The summed E-state index contributed by atoms with van der Waals surface area (Å²) in [7, 11) is 0. The van der Waals surface area contributed by atoms with Gasteiger partial charge in [-0.1, -0.05) is 43.6 Å². The van der Waals surface area contributed by atoms with E-state index in [2.05, 4.69) is 42.1 Å². The first-order valence-electron chi connectivity index (χ1n) is 7.31. The standard InChI is InChI=1S/C17H18ClN3/c1-3-14-10-15(4-2)21(20-14)11-13-9-12-7-5-6-8-16(12)19-17(13)18/h5-10H,3-4,11H2,1-2H3. The van der Waals surface area contributed by atoms with Crippen molar-refractivity contribution in [1.82, 2.24) is 14.8 Å². The molecular weight excluding hydrogens is 282 g/mol. The van der Waals surface area contributed by atoms with Gasteiger partial charge in [-0.05, 0) is 31.0 Å². The molecule has 0 saturated carbocycles. The quantitative estimate of drug-likeness (QED) is 0.674. The summed E-state index contributed by atoms with van der Waals surface area (Å²) in [5.74, 6) is 0. The van der Waals surface area contributed by atoms with Crippen molar-refractivity contribution >= 4 is 22.5 Å². The van der Waals surface area contributed by atoms with Crippen LogP contribution in [0.1, 0.15) is 30.8 Å². The Labute approximate surface area is 129 Å². The van der Waals surface area contributed by atoms with Crippen molar-refractivity contribution in [1.29, 1.82) is 0 Å². The summed E-state index contributed by atoms with van der Waals surface area (Å²) in [4.78, 5) is 4.48. The normalized spacial score (nSPS) is 11.2. The van der Waals surface area contributed by atoms with Gasteiger partial charge in [0.2, 0.25) is 0 Å². The van der Waals surface area contributed by atoms with E-state index in [9.17, 15) is 0 Å². The van der Waals surface area contributed by atoms with Crippen LogP contribution in [0.5, 0.6) is 0 Å². The molecule has 0 saturated heterocycles. The van der Waals surface area contributed by atoms with Crippen molar-refractivity contribution < 1.29 is 0 Å². The molecule has 108 valence electrons. The average molecular weight is 300 g/mol. The number of nitrogens with zero attached hydrogens (tertiary/aromatic N) is 3. The van der Waals surface area contributed by atoms with Crippen LogP contribution in [-0.4, -0.2) is 14.8 Å². The first kappa shape index (κ1) is 14.1. The highest BCUT2D eigenvalue weighted by molar-refractivity contribution is 6.30. The lowest BCUT2D eigenvalue weighted by Gasteiger charge is -2.09. The minimum Gasteiger partial charge on any atom is -0.265 e. The maximum Gasteiger partial charge on any atom is 0.134 e. The van der Waals surface area contributed by atoms with Crippen LogP contribution in [0, 0.1) is 0 Å². The van der Waals surface area contributed by atoms with Crippen molar-refractivity contribution in [3.05, 3.63) is 58.5 Å². The topological polar surface area (TPSA) is 30.7 Å². The molecule has 0 fully saturated rings. The Morgan fingerprint density at radius 2 is 1.90 bits per heavy atom. The monoisotopic (exact) mass is 299 g/mol. The Morgan fingerprint density at radius 1 is 1.10 bits per heavy atom. The number of hydrogen-bond donors (Lipinski definition) is 0. The molecule has 0 aliphatic heterocycles. The summed E-state index contributed by atoms with van der Waals surface area (Å²) in [6, 6.07) is 12.3. The highest BCUT2D eigenvalue weighted by Crippen LogP contribution is 2.22. The van der Waals surface area contributed by atoms with E-state index in [1.54, 1.807) is 0 Å². The van der Waals surface area contributed by atoms with E-state index in [-0.39, 0.29) is 0 Å². The first-order valence-corrected chi connectivity index (χ1v) is 7.68. The number of aryl methyl sites for hydroxylation is 2. The minimum absolute atomic E-state index is 0.560. The third-order valence-corrected chi connectivity index (χ3v) is 4.04. The number of pyridine rings is 1. The molecule has 2 aromatic heterocycles. The lowest BCUT2D eigenvalue weighted by atomic mass is 10.1. The highest BCUT2D eigenvalue weighted by Gasteiger charge is 2.10. The van der Waals surface area contributed by atoms with Gasteiger partial charge in [-0.3, -0.25) is 4.68 Å². The molecule has 0 spiro atoms. The van der Waals surface area contributed by atoms with Crippen molar-refractivity contribution in [2.24, 2.45) is 0 Å². The van der Waals surface area contributed by atoms with Gasteiger partial charge in [0.05, 0.1) is 17.8 Å². The fourth-order valence-electron chi connectivity index (χ4n) is 2.52. The van der Waals surface area contributed by atoms with Gasteiger partial charge in [0.25, 0.3) is 0 Å². The fourth-order valence-corrected chi connectivity index (χ4v) is 2.72. The molecule has 3 aromatic rings. The molecule has 0 amide bonds. The molecule has 0 aliphatic carbocycles. The van der Waals surface area contributed by atoms with Crippen molar-refractivity contribution in [3.8, 4) is 0 Å². The summed E-state index contributed by atoms with van der Waals surface area (Å²) in [5.41, 5.74) is 4.29. The lowest BCUT2D eigenvalue weighted by Crippen LogP contribution is -2.07. The SMILES string of the molecule is CCc1cc(CC)n(Cc2cc3ccccc3nc2Cl)n1. The maximum atomic E-state index is 6.34. The Kier molecular flexibility index (Phi) is 3.93. The molecule has 0 radical (unpaired) electrons. The zero-order chi connectivity index (χ0) is 14.8. The van der Waals surface area contributed by atoms with E-state index in [0.717, 1.165) is 35.0 Å². The highest BCUT2D eigenvalue weighted by atomic mass is 35.5. The molecule has 3 rings (SSSR count). The number of rotatable bonds is 4. The molecule has 0 bridgehead atoms. The number of aromatic nitrogens is 3. The molecule has 3 nitrogen and oxygen atoms in total. The van der Waals surface area contributed by atoms with Crippen LogP contribution in [0.25, 0.3) is 10.9 Å². The second-order valence-electron chi connectivity index (χ2n) is 5.12. The number of para-hydroxylation sites is 1. The number of benzene rings is 1. The fraction of sp³-hybridized carbons (Fsp3) is 0.294. The minimum atomic E-state index is 0.560. The molecule has 4 heteroatoms. The van der Waals surface area contributed by atoms with Gasteiger partial charge in [0.1, 0.15) is 5.15 Å². The lowest BCUT2D eigenvalue weighted by molar-refractivity contribution is 0.640. The first-order chi connectivity index (χ1) is 10.2. The summed E-state index contributed by atoms with van der Waals surface area (Å²) in [6.07, 6.45) is 1.91. The number of fused-ring (bicyclic) bond motifs is 1. The molecule has 2 heterocycles. The Balaban J connectivity index is 2.01. The zero-order valence-corrected chi connectivity index (χ0v) is 13.1. The van der Waals surface area contributed by atoms with Crippen LogP contribution in [0.3, 0.4) is 0 Å². The molecule has 0 atom stereocenters. The van der Waals surface area contributed by atoms with E-state index in [1.807, 2.05) is 22.9 Å². The van der Waals surface area contributed by atoms with Gasteiger partial charge in [-0.2, -0.15) is 5.10 Å². The van der Waals surface area contributed by atoms with Crippen molar-refractivity contribution in [2.75, 3.05) is 0 Å². The summed E-state index contributed by atoms with van der Waals surface area (Å²) in [6.45, 7) is 4.93. The Morgan fingerprint density at radius 3 is 2.67 bits per heavy atom. The Bertz CT molecular complexity index is 777. The molecule has 0 aliphatic rings. The van der Waals surface area contributed by atoms with Crippen LogP contribution in [0.2, 0.25) is 5.15 Å². The van der Waals surface area contributed by atoms with Crippen molar-refractivity contribution in [3.63, 3.8) is 0 Å².